The minimum Gasteiger partial charge on any atom is -0.470 e. The number of rotatable bonds is 2. The number of carboxylic acids is 1. The molecule has 0 amide bonds. The molecule has 0 heterocycles. The van der Waals surface area contributed by atoms with Crippen molar-refractivity contribution in [3.05, 3.63) is 60.2 Å². The molecule has 1 N–H and O–H groups in total. The van der Waals surface area contributed by atoms with Crippen molar-refractivity contribution in [2.45, 2.75) is 32.6 Å². The van der Waals surface area contributed by atoms with E-state index in [0.717, 1.165) is 12.5 Å². The van der Waals surface area contributed by atoms with E-state index in [4.69, 9.17) is 15.2 Å². The fraction of sp³-hybridized carbons (Fsp3) is 0.263. The molecule has 0 bridgehead atoms. The van der Waals surface area contributed by atoms with E-state index in [2.05, 4.69) is 61.5 Å². The van der Waals surface area contributed by atoms with Gasteiger partial charge in [-0.3, -0.25) is 0 Å². The zero-order valence-corrected chi connectivity index (χ0v) is 12.8. The minimum absolute atomic E-state index is 0.944. The number of nitriles is 1. The van der Waals surface area contributed by atoms with Crippen LogP contribution in [0.4, 0.5) is 0 Å². The average Bonchev–Trinajstić information content (AvgIpc) is 3.45. The highest BCUT2D eigenvalue weighted by Crippen LogP contribution is 2.23. The van der Waals surface area contributed by atoms with Gasteiger partial charge in [-0.2, -0.15) is 5.26 Å². The van der Waals surface area contributed by atoms with Gasteiger partial charge in [-0.25, -0.2) is 4.79 Å². The number of aryl methyl sites for hydroxylation is 1. The van der Waals surface area contributed by atoms with Crippen LogP contribution in [0.25, 0.3) is 11.1 Å². The smallest absolute Gasteiger partial charge is 0.408 e. The summed E-state index contributed by atoms with van der Waals surface area (Å²) in [5.74, 6) is -1.44. The molecule has 0 aliphatic heterocycles. The number of hydrogen-bond donors (Lipinski definition) is 1. The molecule has 1 aliphatic rings. The van der Waals surface area contributed by atoms with Crippen LogP contribution in [0.3, 0.4) is 0 Å². The first-order valence-electron chi connectivity index (χ1n) is 7.45. The maximum Gasteiger partial charge on any atom is 0.408 e. The minimum atomic E-state index is -1.44. The molecule has 2 aromatic rings. The number of carboxylic acid groups (broad SMARTS) is 1. The molecule has 114 valence electrons. The van der Waals surface area contributed by atoms with Crippen LogP contribution < -0.4 is 0 Å². The molecule has 0 radical (unpaired) electrons. The second-order valence-electron chi connectivity index (χ2n) is 4.85. The van der Waals surface area contributed by atoms with Gasteiger partial charge in [0.2, 0.25) is 0 Å². The molecule has 1 fully saturated rings. The summed E-state index contributed by atoms with van der Waals surface area (Å²) in [5.41, 5.74) is 4.08. The van der Waals surface area contributed by atoms with E-state index in [1.165, 1.54) is 36.0 Å². The Morgan fingerprint density at radius 2 is 1.55 bits per heavy atom. The third kappa shape index (κ3) is 7.25. The first kappa shape index (κ1) is 17.5. The van der Waals surface area contributed by atoms with Gasteiger partial charge in [0.15, 0.2) is 6.07 Å². The third-order valence-electron chi connectivity index (χ3n) is 2.93. The number of hydrogen-bond acceptors (Lipinski definition) is 2. The van der Waals surface area contributed by atoms with Crippen molar-refractivity contribution >= 4 is 5.97 Å². The van der Waals surface area contributed by atoms with Crippen molar-refractivity contribution in [2.75, 3.05) is 0 Å². The van der Waals surface area contributed by atoms with Crippen LogP contribution in [0.15, 0.2) is 54.6 Å². The number of nitrogens with zero attached hydrogens (tertiary/aromatic N) is 1. The summed E-state index contributed by atoms with van der Waals surface area (Å²) in [6.07, 6.45) is 5.59. The van der Waals surface area contributed by atoms with E-state index in [-0.39, 0.29) is 0 Å². The highest BCUT2D eigenvalue weighted by Gasteiger charge is 2.00. The molecule has 1 aliphatic carbocycles. The molecular formula is C19H21NO2. The maximum atomic E-state index is 9.01. The Kier molecular flexibility index (Phi) is 8.07. The van der Waals surface area contributed by atoms with Crippen LogP contribution in [0.1, 0.15) is 31.7 Å². The number of carbonyl (C=O) groups is 1. The van der Waals surface area contributed by atoms with Crippen molar-refractivity contribution in [1.82, 2.24) is 0 Å². The number of benzene rings is 2. The second kappa shape index (κ2) is 10.2. The lowest BCUT2D eigenvalue weighted by Crippen LogP contribution is -1.85. The van der Waals surface area contributed by atoms with E-state index in [9.17, 15) is 0 Å². The summed E-state index contributed by atoms with van der Waals surface area (Å²) in [7, 11) is 0. The molecule has 2 aromatic carbocycles. The van der Waals surface area contributed by atoms with Gasteiger partial charge in [-0.05, 0) is 23.1 Å². The second-order valence-corrected chi connectivity index (χ2v) is 4.85. The summed E-state index contributed by atoms with van der Waals surface area (Å²) in [6, 6.07) is 20.1. The van der Waals surface area contributed by atoms with Gasteiger partial charge < -0.3 is 5.11 Å². The van der Waals surface area contributed by atoms with Crippen molar-refractivity contribution in [1.29, 1.82) is 5.26 Å². The first-order valence-corrected chi connectivity index (χ1v) is 7.45. The van der Waals surface area contributed by atoms with Crippen molar-refractivity contribution < 1.29 is 9.90 Å². The zero-order valence-electron chi connectivity index (χ0n) is 12.8. The topological polar surface area (TPSA) is 61.1 Å². The third-order valence-corrected chi connectivity index (χ3v) is 2.93. The molecular weight excluding hydrogens is 274 g/mol. The van der Waals surface area contributed by atoms with Gasteiger partial charge >= 0.3 is 5.97 Å². The van der Waals surface area contributed by atoms with Crippen LogP contribution in [0, 0.1) is 11.3 Å². The lowest BCUT2D eigenvalue weighted by molar-refractivity contribution is -0.130. The van der Waals surface area contributed by atoms with Gasteiger partial charge in [0.1, 0.15) is 0 Å². The summed E-state index contributed by atoms with van der Waals surface area (Å²) in [4.78, 5) is 9.01. The Labute approximate surface area is 131 Å². The largest absolute Gasteiger partial charge is 0.470 e. The Morgan fingerprint density at radius 3 is 2.00 bits per heavy atom. The Bertz CT molecular complexity index is 610. The Morgan fingerprint density at radius 1 is 1.05 bits per heavy atom. The predicted octanol–water partition coefficient (Wildman–Crippen LogP) is 4.68. The number of aliphatic carboxylic acids is 1. The fourth-order valence-electron chi connectivity index (χ4n) is 1.73. The Hall–Kier alpha value is -2.60. The normalized spacial score (nSPS) is 10.9. The summed E-state index contributed by atoms with van der Waals surface area (Å²) >= 11 is 0. The zero-order chi connectivity index (χ0) is 16.2. The molecule has 3 nitrogen and oxygen atoms in total. The molecule has 3 heteroatoms. The van der Waals surface area contributed by atoms with Crippen LogP contribution in [0.2, 0.25) is 0 Å². The SMILES string of the molecule is C1CC1.CCc1ccccc1-c1ccccc1.N#CC(=O)O. The van der Waals surface area contributed by atoms with Crippen LogP contribution in [0.5, 0.6) is 0 Å². The molecule has 1 saturated carbocycles. The van der Waals surface area contributed by atoms with Gasteiger partial charge in [0, 0.05) is 0 Å². The molecule has 0 unspecified atom stereocenters. The van der Waals surface area contributed by atoms with Crippen LogP contribution in [-0.4, -0.2) is 11.1 Å². The summed E-state index contributed by atoms with van der Waals surface area (Å²) in [6.45, 7) is 2.20. The fourth-order valence-corrected chi connectivity index (χ4v) is 1.73. The van der Waals surface area contributed by atoms with E-state index in [1.54, 1.807) is 0 Å². The standard InChI is InChI=1S/C14H14.C3H6.C2HNO2/c1-2-12-8-6-7-11-14(12)13-9-4-3-5-10-13;1-2-3-1;3-1-2(4)5/h3-11H,2H2,1H3;1-3H2;(H,4,5). The summed E-state index contributed by atoms with van der Waals surface area (Å²) in [5, 5.41) is 14.7. The molecule has 0 spiro atoms. The van der Waals surface area contributed by atoms with Gasteiger partial charge in [0.05, 0.1) is 0 Å². The molecule has 22 heavy (non-hydrogen) atoms. The first-order chi connectivity index (χ1) is 10.7. The van der Waals surface area contributed by atoms with Gasteiger partial charge in [-0.1, -0.05) is 80.8 Å². The lowest BCUT2D eigenvalue weighted by Gasteiger charge is -2.06. The van der Waals surface area contributed by atoms with Crippen molar-refractivity contribution in [3.8, 4) is 17.2 Å². The quantitative estimate of drug-likeness (QED) is 0.646. The predicted molar refractivity (Wildman–Crippen MR) is 88.4 cm³/mol. The van der Waals surface area contributed by atoms with Crippen molar-refractivity contribution in [3.63, 3.8) is 0 Å². The van der Waals surface area contributed by atoms with Crippen LogP contribution >= 0.6 is 0 Å². The highest BCUT2D eigenvalue weighted by molar-refractivity contribution is 5.83. The average molecular weight is 295 g/mol. The van der Waals surface area contributed by atoms with E-state index in [0.29, 0.717) is 0 Å². The highest BCUT2D eigenvalue weighted by atomic mass is 16.4. The molecule has 0 atom stereocenters. The van der Waals surface area contributed by atoms with Gasteiger partial charge in [-0.15, -0.1) is 0 Å². The van der Waals surface area contributed by atoms with Gasteiger partial charge in [0.25, 0.3) is 0 Å². The molecule has 3 rings (SSSR count). The van der Waals surface area contributed by atoms with Crippen molar-refractivity contribution in [2.24, 2.45) is 0 Å². The molecule has 0 saturated heterocycles. The van der Waals surface area contributed by atoms with E-state index >= 15 is 0 Å². The van der Waals surface area contributed by atoms with Crippen LogP contribution in [-0.2, 0) is 11.2 Å². The van der Waals surface area contributed by atoms with E-state index < -0.39 is 5.97 Å². The maximum absolute atomic E-state index is 9.01. The summed E-state index contributed by atoms with van der Waals surface area (Å²) < 4.78 is 0. The lowest BCUT2D eigenvalue weighted by atomic mass is 9.98. The monoisotopic (exact) mass is 295 g/mol. The molecule has 0 aromatic heterocycles. The van der Waals surface area contributed by atoms with E-state index in [1.807, 2.05) is 0 Å². The Balaban J connectivity index is 0.000000250.